The molecule has 1 N–H and O–H groups in total. The summed E-state index contributed by atoms with van der Waals surface area (Å²) in [7, 11) is 0. The van der Waals surface area contributed by atoms with Crippen molar-refractivity contribution in [3.8, 4) is 0 Å². The van der Waals surface area contributed by atoms with Crippen LogP contribution in [0.15, 0.2) is 24.4 Å². The number of carbonyl (C=O) groups is 1. The number of halogens is 1. The van der Waals surface area contributed by atoms with Gasteiger partial charge < -0.3 is 4.98 Å². The van der Waals surface area contributed by atoms with Crippen LogP contribution in [-0.4, -0.2) is 10.8 Å². The van der Waals surface area contributed by atoms with Crippen LogP contribution in [0.5, 0.6) is 0 Å². The standard InChI is InChI=1S/C14H16FNO/c1-2-3-4-12(17)7-10-9-16-14-6-5-11(15)8-13(10)14/h5-6,8-9,16H,2-4,7H2,1H3. The third-order valence-corrected chi connectivity index (χ3v) is 2.93. The molecule has 0 saturated carbocycles. The van der Waals surface area contributed by atoms with E-state index in [-0.39, 0.29) is 11.6 Å². The van der Waals surface area contributed by atoms with Gasteiger partial charge in [-0.3, -0.25) is 4.79 Å². The number of benzene rings is 1. The van der Waals surface area contributed by atoms with Crippen LogP contribution < -0.4 is 0 Å². The summed E-state index contributed by atoms with van der Waals surface area (Å²) in [5.74, 6) is -0.0450. The minimum absolute atomic E-state index is 0.219. The van der Waals surface area contributed by atoms with E-state index >= 15 is 0 Å². The fourth-order valence-electron chi connectivity index (χ4n) is 1.97. The molecule has 0 saturated heterocycles. The maximum absolute atomic E-state index is 13.1. The topological polar surface area (TPSA) is 32.9 Å². The van der Waals surface area contributed by atoms with Crippen molar-refractivity contribution in [1.82, 2.24) is 4.98 Å². The normalized spacial score (nSPS) is 10.9. The zero-order chi connectivity index (χ0) is 12.3. The van der Waals surface area contributed by atoms with Gasteiger partial charge in [0.1, 0.15) is 11.6 Å². The quantitative estimate of drug-likeness (QED) is 0.840. The molecule has 0 spiro atoms. The van der Waals surface area contributed by atoms with Gasteiger partial charge in [-0.05, 0) is 30.2 Å². The van der Waals surface area contributed by atoms with Gasteiger partial charge in [0, 0.05) is 29.9 Å². The first-order chi connectivity index (χ1) is 8.20. The molecule has 0 aliphatic heterocycles. The Hall–Kier alpha value is -1.64. The third-order valence-electron chi connectivity index (χ3n) is 2.93. The molecule has 0 amide bonds. The number of rotatable bonds is 5. The maximum atomic E-state index is 13.1. The number of aromatic amines is 1. The second kappa shape index (κ2) is 5.13. The van der Waals surface area contributed by atoms with Gasteiger partial charge in [0.2, 0.25) is 0 Å². The monoisotopic (exact) mass is 233 g/mol. The van der Waals surface area contributed by atoms with E-state index in [1.54, 1.807) is 12.3 Å². The van der Waals surface area contributed by atoms with Gasteiger partial charge in [-0.15, -0.1) is 0 Å². The van der Waals surface area contributed by atoms with Crippen LogP contribution in [0.3, 0.4) is 0 Å². The number of aromatic nitrogens is 1. The number of H-pyrrole nitrogens is 1. The molecule has 0 unspecified atom stereocenters. The fraction of sp³-hybridized carbons (Fsp3) is 0.357. The number of carbonyl (C=O) groups excluding carboxylic acids is 1. The van der Waals surface area contributed by atoms with Gasteiger partial charge in [-0.2, -0.15) is 0 Å². The summed E-state index contributed by atoms with van der Waals surface area (Å²) < 4.78 is 13.1. The van der Waals surface area contributed by atoms with Crippen LogP contribution in [0.4, 0.5) is 4.39 Å². The van der Waals surface area contributed by atoms with Gasteiger partial charge in [0.05, 0.1) is 0 Å². The van der Waals surface area contributed by atoms with Crippen molar-refractivity contribution >= 4 is 16.7 Å². The van der Waals surface area contributed by atoms with Crippen molar-refractivity contribution in [2.45, 2.75) is 32.6 Å². The van der Waals surface area contributed by atoms with Crippen LogP contribution in [-0.2, 0) is 11.2 Å². The second-order valence-corrected chi connectivity index (χ2v) is 4.32. The zero-order valence-corrected chi connectivity index (χ0v) is 9.92. The Morgan fingerprint density at radius 1 is 1.41 bits per heavy atom. The number of ketones is 1. The van der Waals surface area contributed by atoms with E-state index in [0.29, 0.717) is 12.8 Å². The molecule has 3 heteroatoms. The predicted octanol–water partition coefficient (Wildman–Crippen LogP) is 3.61. The van der Waals surface area contributed by atoms with Crippen LogP contribution >= 0.6 is 0 Å². The lowest BCUT2D eigenvalue weighted by atomic mass is 10.0. The minimum Gasteiger partial charge on any atom is -0.361 e. The molecular formula is C14H16FNO. The first-order valence-corrected chi connectivity index (χ1v) is 5.98. The molecule has 0 radical (unpaired) electrons. The Morgan fingerprint density at radius 2 is 2.24 bits per heavy atom. The first kappa shape index (κ1) is 11.8. The Bertz CT molecular complexity index is 530. The number of hydrogen-bond donors (Lipinski definition) is 1. The summed E-state index contributed by atoms with van der Waals surface area (Å²) >= 11 is 0. The molecule has 1 aromatic heterocycles. The predicted molar refractivity (Wildman–Crippen MR) is 66.5 cm³/mol. The van der Waals surface area contributed by atoms with E-state index < -0.39 is 0 Å². The molecule has 2 rings (SSSR count). The Kier molecular flexibility index (Phi) is 3.57. The van der Waals surface area contributed by atoms with Crippen molar-refractivity contribution in [3.63, 3.8) is 0 Å². The molecule has 0 bridgehead atoms. The average molecular weight is 233 g/mol. The summed E-state index contributed by atoms with van der Waals surface area (Å²) in [5.41, 5.74) is 1.77. The SMILES string of the molecule is CCCCC(=O)Cc1c[nH]c2ccc(F)cc12. The van der Waals surface area contributed by atoms with Gasteiger partial charge in [-0.1, -0.05) is 13.3 Å². The lowest BCUT2D eigenvalue weighted by Crippen LogP contribution is -2.01. The van der Waals surface area contributed by atoms with E-state index in [1.165, 1.54) is 12.1 Å². The molecule has 0 fully saturated rings. The number of Topliss-reactive ketones (excluding diaryl/α,β-unsaturated/α-hetero) is 1. The number of fused-ring (bicyclic) bond motifs is 1. The largest absolute Gasteiger partial charge is 0.361 e. The van der Waals surface area contributed by atoms with E-state index in [1.807, 2.05) is 0 Å². The molecule has 0 aliphatic carbocycles. The number of unbranched alkanes of at least 4 members (excludes halogenated alkanes) is 1. The van der Waals surface area contributed by atoms with E-state index in [2.05, 4.69) is 11.9 Å². The van der Waals surface area contributed by atoms with Crippen molar-refractivity contribution in [2.75, 3.05) is 0 Å². The summed E-state index contributed by atoms with van der Waals surface area (Å²) in [6.45, 7) is 2.06. The molecule has 17 heavy (non-hydrogen) atoms. The first-order valence-electron chi connectivity index (χ1n) is 5.98. The molecule has 0 aliphatic rings. The molecule has 2 aromatic rings. The average Bonchev–Trinajstić information content (AvgIpc) is 2.69. The highest BCUT2D eigenvalue weighted by Gasteiger charge is 2.09. The smallest absolute Gasteiger partial charge is 0.137 e. The van der Waals surface area contributed by atoms with Crippen LogP contribution in [0.25, 0.3) is 10.9 Å². The Morgan fingerprint density at radius 3 is 3.00 bits per heavy atom. The van der Waals surface area contributed by atoms with E-state index in [4.69, 9.17) is 0 Å². The summed E-state index contributed by atoms with van der Waals surface area (Å²) in [4.78, 5) is 14.7. The minimum atomic E-state index is -0.264. The van der Waals surface area contributed by atoms with Gasteiger partial charge in [-0.25, -0.2) is 4.39 Å². The summed E-state index contributed by atoms with van der Waals surface area (Å²) in [6.07, 6.45) is 4.75. The van der Waals surface area contributed by atoms with Crippen LogP contribution in [0.2, 0.25) is 0 Å². The lowest BCUT2D eigenvalue weighted by molar-refractivity contribution is -0.118. The maximum Gasteiger partial charge on any atom is 0.137 e. The Balaban J connectivity index is 2.18. The number of nitrogens with one attached hydrogen (secondary N) is 1. The van der Waals surface area contributed by atoms with Gasteiger partial charge >= 0.3 is 0 Å². The number of hydrogen-bond acceptors (Lipinski definition) is 1. The van der Waals surface area contributed by atoms with Crippen molar-refractivity contribution in [2.24, 2.45) is 0 Å². The van der Waals surface area contributed by atoms with Crippen LogP contribution in [0.1, 0.15) is 31.7 Å². The highest BCUT2D eigenvalue weighted by molar-refractivity contribution is 5.89. The van der Waals surface area contributed by atoms with E-state index in [9.17, 15) is 9.18 Å². The Labute approximate surface area is 99.8 Å². The van der Waals surface area contributed by atoms with Crippen LogP contribution in [0, 0.1) is 5.82 Å². The summed E-state index contributed by atoms with van der Waals surface area (Å²) in [6, 6.07) is 4.60. The van der Waals surface area contributed by atoms with Crippen molar-refractivity contribution in [1.29, 1.82) is 0 Å². The van der Waals surface area contributed by atoms with Gasteiger partial charge in [0.15, 0.2) is 0 Å². The molecule has 1 aromatic carbocycles. The molecule has 90 valence electrons. The highest BCUT2D eigenvalue weighted by Crippen LogP contribution is 2.20. The molecule has 2 nitrogen and oxygen atoms in total. The lowest BCUT2D eigenvalue weighted by Gasteiger charge is -1.99. The second-order valence-electron chi connectivity index (χ2n) is 4.32. The molecular weight excluding hydrogens is 217 g/mol. The highest BCUT2D eigenvalue weighted by atomic mass is 19.1. The third kappa shape index (κ3) is 2.73. The van der Waals surface area contributed by atoms with E-state index in [0.717, 1.165) is 29.3 Å². The van der Waals surface area contributed by atoms with Gasteiger partial charge in [0.25, 0.3) is 0 Å². The van der Waals surface area contributed by atoms with Crippen molar-refractivity contribution in [3.05, 3.63) is 35.8 Å². The molecule has 0 atom stereocenters. The fourth-order valence-corrected chi connectivity index (χ4v) is 1.97. The zero-order valence-electron chi connectivity index (χ0n) is 9.92. The summed E-state index contributed by atoms with van der Waals surface area (Å²) in [5, 5.41) is 0.815. The molecule has 1 heterocycles. The van der Waals surface area contributed by atoms with Crippen molar-refractivity contribution < 1.29 is 9.18 Å².